The van der Waals surface area contributed by atoms with Crippen molar-refractivity contribution in [1.82, 2.24) is 19.3 Å². The van der Waals surface area contributed by atoms with Gasteiger partial charge in [-0.3, -0.25) is 9.59 Å². The number of hydrogen-bond donors (Lipinski definition) is 0. The van der Waals surface area contributed by atoms with Crippen LogP contribution in [0.1, 0.15) is 25.5 Å². The van der Waals surface area contributed by atoms with Gasteiger partial charge in [0.05, 0.1) is 17.9 Å². The predicted octanol–water partition coefficient (Wildman–Crippen LogP) is 2.16. The Hall–Kier alpha value is -3.09. The molecule has 2 aromatic heterocycles. The Morgan fingerprint density at radius 1 is 1.04 bits per heavy atom. The molecule has 3 aromatic rings. The molecule has 132 valence electrons. The van der Waals surface area contributed by atoms with Gasteiger partial charge in [0, 0.05) is 23.5 Å². The monoisotopic (exact) mass is 352 g/mol. The molecule has 0 bridgehead atoms. The third-order valence-electron chi connectivity index (χ3n) is 4.82. The van der Waals surface area contributed by atoms with E-state index in [-0.39, 0.29) is 17.9 Å². The zero-order valence-electron chi connectivity index (χ0n) is 14.2. The highest BCUT2D eigenvalue weighted by Crippen LogP contribution is 2.41. The van der Waals surface area contributed by atoms with Crippen molar-refractivity contribution in [3.63, 3.8) is 0 Å². The van der Waals surface area contributed by atoms with Gasteiger partial charge in [-0.15, -0.1) is 0 Å². The summed E-state index contributed by atoms with van der Waals surface area (Å²) in [6, 6.07) is 9.65. The third-order valence-corrected chi connectivity index (χ3v) is 4.82. The van der Waals surface area contributed by atoms with Crippen molar-refractivity contribution < 1.29 is 4.39 Å². The number of hydrogen-bond acceptors (Lipinski definition) is 4. The molecule has 0 saturated heterocycles. The van der Waals surface area contributed by atoms with Crippen molar-refractivity contribution in [2.24, 2.45) is 0 Å². The second-order valence-electron chi connectivity index (χ2n) is 6.79. The highest BCUT2D eigenvalue weighted by atomic mass is 19.1. The van der Waals surface area contributed by atoms with E-state index in [9.17, 15) is 14.0 Å². The van der Waals surface area contributed by atoms with Crippen LogP contribution in [0.3, 0.4) is 0 Å². The average molecular weight is 352 g/mol. The van der Waals surface area contributed by atoms with E-state index in [1.54, 1.807) is 42.7 Å². The van der Waals surface area contributed by atoms with Gasteiger partial charge in [0.2, 0.25) is 0 Å². The Kier molecular flexibility index (Phi) is 3.79. The predicted molar refractivity (Wildman–Crippen MR) is 94.4 cm³/mol. The summed E-state index contributed by atoms with van der Waals surface area (Å²) in [7, 11) is 0. The van der Waals surface area contributed by atoms with Crippen molar-refractivity contribution >= 4 is 0 Å². The highest BCUT2D eigenvalue weighted by molar-refractivity contribution is 5.58. The molecule has 0 atom stereocenters. The Morgan fingerprint density at radius 3 is 2.46 bits per heavy atom. The Labute approximate surface area is 148 Å². The number of rotatable bonds is 4. The molecule has 0 unspecified atom stereocenters. The quantitative estimate of drug-likeness (QED) is 0.675. The second-order valence-corrected chi connectivity index (χ2v) is 6.79. The molecule has 0 amide bonds. The van der Waals surface area contributed by atoms with Gasteiger partial charge in [0.1, 0.15) is 5.82 Å². The van der Waals surface area contributed by atoms with E-state index in [0.29, 0.717) is 17.0 Å². The molecule has 1 aliphatic rings. The van der Waals surface area contributed by atoms with E-state index in [1.165, 1.54) is 15.2 Å². The van der Waals surface area contributed by atoms with Crippen LogP contribution in [0.5, 0.6) is 0 Å². The summed E-state index contributed by atoms with van der Waals surface area (Å²) in [5, 5.41) is 8.10. The molecule has 7 heteroatoms. The van der Waals surface area contributed by atoms with Crippen molar-refractivity contribution in [3.05, 3.63) is 81.0 Å². The van der Waals surface area contributed by atoms with E-state index >= 15 is 0 Å². The van der Waals surface area contributed by atoms with Crippen LogP contribution in [-0.2, 0) is 12.1 Å². The molecule has 4 rings (SSSR count). The largest absolute Gasteiger partial charge is 0.316 e. The van der Waals surface area contributed by atoms with Gasteiger partial charge in [-0.2, -0.15) is 10.2 Å². The maximum absolute atomic E-state index is 13.8. The van der Waals surface area contributed by atoms with Crippen LogP contribution in [0.2, 0.25) is 0 Å². The van der Waals surface area contributed by atoms with E-state index < -0.39 is 11.1 Å². The fourth-order valence-corrected chi connectivity index (χ4v) is 2.91. The smallest absolute Gasteiger partial charge is 0.304 e. The summed E-state index contributed by atoms with van der Waals surface area (Å²) >= 11 is 0. The number of benzene rings is 1. The molecule has 1 fully saturated rings. The first-order valence-electron chi connectivity index (χ1n) is 8.38. The van der Waals surface area contributed by atoms with Crippen LogP contribution in [0.25, 0.3) is 11.3 Å². The second kappa shape index (κ2) is 6.01. The van der Waals surface area contributed by atoms with Crippen LogP contribution < -0.4 is 11.1 Å². The molecule has 1 saturated carbocycles. The summed E-state index contributed by atoms with van der Waals surface area (Å²) < 4.78 is 16.6. The maximum atomic E-state index is 13.8. The minimum absolute atomic E-state index is 0.135. The third kappa shape index (κ3) is 2.85. The summed E-state index contributed by atoms with van der Waals surface area (Å²) in [6.07, 6.45) is 5.05. The molecule has 26 heavy (non-hydrogen) atoms. The normalized spacial score (nSPS) is 15.0. The molecular weight excluding hydrogens is 335 g/mol. The minimum Gasteiger partial charge on any atom is -0.304 e. The maximum Gasteiger partial charge on any atom is 0.316 e. The van der Waals surface area contributed by atoms with Gasteiger partial charge in [0.15, 0.2) is 0 Å². The van der Waals surface area contributed by atoms with Crippen LogP contribution >= 0.6 is 0 Å². The topological polar surface area (TPSA) is 69.8 Å². The van der Waals surface area contributed by atoms with Crippen LogP contribution in [0, 0.1) is 5.82 Å². The van der Waals surface area contributed by atoms with Gasteiger partial charge in [-0.1, -0.05) is 12.1 Å². The minimum atomic E-state index is -0.583. The van der Waals surface area contributed by atoms with Crippen molar-refractivity contribution in [2.45, 2.75) is 31.8 Å². The van der Waals surface area contributed by atoms with E-state index in [1.807, 2.05) is 6.92 Å². The van der Waals surface area contributed by atoms with Gasteiger partial charge in [0.25, 0.3) is 0 Å². The zero-order valence-corrected chi connectivity index (χ0v) is 14.2. The van der Waals surface area contributed by atoms with Gasteiger partial charge in [-0.25, -0.2) is 4.39 Å². The fourth-order valence-electron chi connectivity index (χ4n) is 2.91. The summed E-state index contributed by atoms with van der Waals surface area (Å²) in [5.74, 6) is -0.372. The lowest BCUT2D eigenvalue weighted by molar-refractivity contribution is 0.495. The lowest BCUT2D eigenvalue weighted by Crippen LogP contribution is -2.43. The lowest BCUT2D eigenvalue weighted by atomic mass is 10.1. The number of nitrogens with zero attached hydrogens (tertiary/aromatic N) is 4. The van der Waals surface area contributed by atoms with Crippen molar-refractivity contribution in [1.29, 1.82) is 0 Å². The molecule has 6 nitrogen and oxygen atoms in total. The first-order valence-corrected chi connectivity index (χ1v) is 8.38. The Morgan fingerprint density at radius 2 is 1.81 bits per heavy atom. The van der Waals surface area contributed by atoms with Crippen LogP contribution in [-0.4, -0.2) is 19.3 Å². The van der Waals surface area contributed by atoms with Gasteiger partial charge < -0.3 is 9.13 Å². The van der Waals surface area contributed by atoms with Gasteiger partial charge >= 0.3 is 11.1 Å². The van der Waals surface area contributed by atoms with Crippen LogP contribution in [0.15, 0.2) is 58.4 Å². The Bertz CT molecular complexity index is 1080. The van der Waals surface area contributed by atoms with Crippen LogP contribution in [0.4, 0.5) is 4.39 Å². The summed E-state index contributed by atoms with van der Waals surface area (Å²) in [6.45, 7) is 2.10. The molecule has 1 aromatic carbocycles. The average Bonchev–Trinajstić information content (AvgIpc) is 3.38. The van der Waals surface area contributed by atoms with E-state index in [4.69, 9.17) is 0 Å². The van der Waals surface area contributed by atoms with Crippen molar-refractivity contribution in [3.8, 4) is 11.3 Å². The first-order chi connectivity index (χ1) is 12.5. The molecular formula is C19H17FN4O2. The van der Waals surface area contributed by atoms with E-state index in [0.717, 1.165) is 12.8 Å². The molecule has 0 spiro atoms. The number of halogens is 1. The van der Waals surface area contributed by atoms with Gasteiger partial charge in [-0.05, 0) is 44.0 Å². The molecule has 2 heterocycles. The molecule has 0 aliphatic heterocycles. The zero-order chi connectivity index (χ0) is 18.3. The summed E-state index contributed by atoms with van der Waals surface area (Å²) in [4.78, 5) is 24.6. The highest BCUT2D eigenvalue weighted by Gasteiger charge is 2.40. The fraction of sp³-hybridized carbons (Fsp3) is 0.263. The lowest BCUT2D eigenvalue weighted by Gasteiger charge is -2.13. The van der Waals surface area contributed by atoms with E-state index in [2.05, 4.69) is 10.2 Å². The molecule has 0 N–H and O–H groups in total. The number of aromatic nitrogens is 4. The molecule has 0 radical (unpaired) electrons. The van der Waals surface area contributed by atoms with Crippen molar-refractivity contribution in [2.75, 3.05) is 0 Å². The summed E-state index contributed by atoms with van der Waals surface area (Å²) in [5.41, 5.74) is -0.0393. The Balaban J connectivity index is 1.60. The standard InChI is InChI=1S/C19H17FN4O2/c1-19(8-9-19)24-11-10-23(17(25)18(24)26)12-13-6-7-16(22-21-13)14-4-2-3-5-15(14)20/h2-7,10-11H,8-9,12H2,1H3. The SMILES string of the molecule is CC1(n2ccn(Cc3ccc(-c4ccccc4F)nn3)c(=O)c2=O)CC1. The first kappa shape index (κ1) is 16.4. The molecule has 1 aliphatic carbocycles.